The average molecular weight is 325 g/mol. The van der Waals surface area contributed by atoms with Gasteiger partial charge in [0.15, 0.2) is 0 Å². The summed E-state index contributed by atoms with van der Waals surface area (Å²) in [6.07, 6.45) is 0. The second-order valence-corrected chi connectivity index (χ2v) is 6.76. The zero-order valence-corrected chi connectivity index (χ0v) is 12.9. The van der Waals surface area contributed by atoms with E-state index in [0.717, 1.165) is 22.4 Å². The Hall–Kier alpha value is -1.00. The van der Waals surface area contributed by atoms with Gasteiger partial charge in [-0.05, 0) is 45.6 Å². The van der Waals surface area contributed by atoms with Gasteiger partial charge in [-0.15, -0.1) is 11.3 Å². The lowest BCUT2D eigenvalue weighted by Gasteiger charge is -2.24. The Bertz CT molecular complexity index is 521. The highest BCUT2D eigenvalue weighted by molar-refractivity contribution is 9.10. The van der Waals surface area contributed by atoms with E-state index in [0.29, 0.717) is 0 Å². The van der Waals surface area contributed by atoms with Crippen molar-refractivity contribution in [3.8, 4) is 0 Å². The number of nitrogen functional groups attached to an aromatic ring is 1. The van der Waals surface area contributed by atoms with Gasteiger partial charge in [0.25, 0.3) is 0 Å². The quantitative estimate of drug-likeness (QED) is 0.813. The van der Waals surface area contributed by atoms with E-state index in [1.807, 2.05) is 18.2 Å². The molecule has 0 aliphatic rings. The van der Waals surface area contributed by atoms with E-state index in [9.17, 15) is 0 Å². The average Bonchev–Trinajstić information content (AvgIpc) is 2.82. The highest BCUT2D eigenvalue weighted by Crippen LogP contribution is 2.30. The zero-order chi connectivity index (χ0) is 13.2. The summed E-state index contributed by atoms with van der Waals surface area (Å²) in [5.74, 6) is 0. The summed E-state index contributed by atoms with van der Waals surface area (Å²) in [5, 5.41) is 5.59. The molecule has 2 aromatic rings. The van der Waals surface area contributed by atoms with Gasteiger partial charge >= 0.3 is 0 Å². The maximum absolute atomic E-state index is 5.73. The van der Waals surface area contributed by atoms with Crippen molar-refractivity contribution in [2.75, 3.05) is 17.6 Å². The molecular weight excluding hydrogens is 308 g/mol. The molecule has 0 saturated carbocycles. The molecule has 1 aromatic carbocycles. The normalized spacial score (nSPS) is 11.5. The van der Waals surface area contributed by atoms with Crippen LogP contribution < -0.4 is 11.1 Å². The summed E-state index contributed by atoms with van der Waals surface area (Å²) in [5.41, 5.74) is 7.70. The van der Waals surface area contributed by atoms with Gasteiger partial charge in [-0.2, -0.15) is 0 Å². The number of halogens is 1. The summed E-state index contributed by atoms with van der Waals surface area (Å²) < 4.78 is 1.00. The van der Waals surface area contributed by atoms with Gasteiger partial charge in [-0.25, -0.2) is 0 Å². The molecular formula is C14H17BrN2S. The van der Waals surface area contributed by atoms with Crippen LogP contribution in [-0.4, -0.2) is 6.54 Å². The van der Waals surface area contributed by atoms with E-state index in [1.54, 1.807) is 11.3 Å². The van der Waals surface area contributed by atoms with Crippen molar-refractivity contribution < 1.29 is 0 Å². The molecule has 1 heterocycles. The molecule has 2 nitrogen and oxygen atoms in total. The molecule has 0 bridgehead atoms. The van der Waals surface area contributed by atoms with Crippen LogP contribution in [0.25, 0.3) is 0 Å². The predicted molar refractivity (Wildman–Crippen MR) is 84.4 cm³/mol. The van der Waals surface area contributed by atoms with Crippen molar-refractivity contribution in [3.63, 3.8) is 0 Å². The third-order valence-electron chi connectivity index (χ3n) is 2.90. The summed E-state index contributed by atoms with van der Waals surface area (Å²) in [7, 11) is 0. The molecule has 18 heavy (non-hydrogen) atoms. The number of rotatable bonds is 4. The first-order valence-corrected chi connectivity index (χ1v) is 7.49. The standard InChI is InChI=1S/C14H17BrN2S/c1-14(2,13-4-3-7-18-13)9-17-12-6-5-10(16)8-11(12)15/h3-8,17H,9,16H2,1-2H3. The molecule has 1 aromatic heterocycles. The molecule has 0 amide bonds. The first-order chi connectivity index (χ1) is 8.49. The van der Waals surface area contributed by atoms with E-state index in [4.69, 9.17) is 5.73 Å². The fourth-order valence-corrected chi connectivity index (χ4v) is 3.13. The maximum Gasteiger partial charge on any atom is 0.0486 e. The van der Waals surface area contributed by atoms with Gasteiger partial charge < -0.3 is 11.1 Å². The summed E-state index contributed by atoms with van der Waals surface area (Å²) in [6, 6.07) is 10.1. The van der Waals surface area contributed by atoms with Crippen LogP contribution in [0.5, 0.6) is 0 Å². The third-order valence-corrected chi connectivity index (χ3v) is 4.79. The van der Waals surface area contributed by atoms with Crippen molar-refractivity contribution >= 4 is 38.6 Å². The molecule has 96 valence electrons. The lowest BCUT2D eigenvalue weighted by atomic mass is 9.91. The first-order valence-electron chi connectivity index (χ1n) is 5.82. The zero-order valence-electron chi connectivity index (χ0n) is 10.5. The second-order valence-electron chi connectivity index (χ2n) is 4.95. The van der Waals surface area contributed by atoms with Crippen LogP contribution in [0.2, 0.25) is 0 Å². The first kappa shape index (κ1) is 13.4. The molecule has 2 rings (SSSR count). The van der Waals surface area contributed by atoms with E-state index in [-0.39, 0.29) is 5.41 Å². The topological polar surface area (TPSA) is 38.0 Å². The van der Waals surface area contributed by atoms with Gasteiger partial charge in [0, 0.05) is 32.7 Å². The highest BCUT2D eigenvalue weighted by atomic mass is 79.9. The Kier molecular flexibility index (Phi) is 3.97. The minimum atomic E-state index is 0.120. The van der Waals surface area contributed by atoms with Crippen LogP contribution in [0.15, 0.2) is 40.2 Å². The molecule has 0 aliphatic heterocycles. The van der Waals surface area contributed by atoms with Gasteiger partial charge in [0.05, 0.1) is 0 Å². The van der Waals surface area contributed by atoms with Crippen molar-refractivity contribution in [2.45, 2.75) is 19.3 Å². The molecule has 4 heteroatoms. The Morgan fingerprint density at radius 1 is 1.33 bits per heavy atom. The third kappa shape index (κ3) is 3.06. The van der Waals surface area contributed by atoms with Crippen LogP contribution in [0, 0.1) is 0 Å². The van der Waals surface area contributed by atoms with Crippen molar-refractivity contribution in [2.24, 2.45) is 0 Å². The second kappa shape index (κ2) is 5.33. The van der Waals surface area contributed by atoms with Crippen LogP contribution in [-0.2, 0) is 5.41 Å². The molecule has 3 N–H and O–H groups in total. The molecule has 0 fully saturated rings. The van der Waals surface area contributed by atoms with Gasteiger partial charge in [-0.3, -0.25) is 0 Å². The van der Waals surface area contributed by atoms with Crippen LogP contribution in [0.4, 0.5) is 11.4 Å². The highest BCUT2D eigenvalue weighted by Gasteiger charge is 2.21. The lowest BCUT2D eigenvalue weighted by molar-refractivity contribution is 0.569. The number of nitrogens with two attached hydrogens (primary N) is 1. The number of anilines is 2. The number of hydrogen-bond donors (Lipinski definition) is 2. The fourth-order valence-electron chi connectivity index (χ4n) is 1.74. The predicted octanol–water partition coefficient (Wildman–Crippen LogP) is 4.48. The number of thiophene rings is 1. The van der Waals surface area contributed by atoms with Gasteiger partial charge in [-0.1, -0.05) is 19.9 Å². The molecule has 0 saturated heterocycles. The summed E-state index contributed by atoms with van der Waals surface area (Å²) >= 11 is 5.32. The Morgan fingerprint density at radius 3 is 2.72 bits per heavy atom. The largest absolute Gasteiger partial charge is 0.399 e. The minimum absolute atomic E-state index is 0.120. The lowest BCUT2D eigenvalue weighted by Crippen LogP contribution is -2.26. The van der Waals surface area contributed by atoms with Crippen LogP contribution in [0.1, 0.15) is 18.7 Å². The maximum atomic E-state index is 5.73. The molecule has 0 unspecified atom stereocenters. The van der Waals surface area contributed by atoms with E-state index in [2.05, 4.69) is 52.6 Å². The number of hydrogen-bond acceptors (Lipinski definition) is 3. The fraction of sp³-hybridized carbons (Fsp3) is 0.286. The van der Waals surface area contributed by atoms with E-state index in [1.165, 1.54) is 4.88 Å². The van der Waals surface area contributed by atoms with E-state index < -0.39 is 0 Å². The van der Waals surface area contributed by atoms with Crippen LogP contribution >= 0.6 is 27.3 Å². The summed E-state index contributed by atoms with van der Waals surface area (Å²) in [4.78, 5) is 1.39. The number of benzene rings is 1. The molecule has 0 radical (unpaired) electrons. The smallest absolute Gasteiger partial charge is 0.0486 e. The SMILES string of the molecule is CC(C)(CNc1ccc(N)cc1Br)c1cccs1. The Balaban J connectivity index is 2.07. The molecule has 0 spiro atoms. The van der Waals surface area contributed by atoms with Gasteiger partial charge in [0.2, 0.25) is 0 Å². The Morgan fingerprint density at radius 2 is 2.11 bits per heavy atom. The summed E-state index contributed by atoms with van der Waals surface area (Å²) in [6.45, 7) is 5.38. The van der Waals surface area contributed by atoms with Crippen molar-refractivity contribution in [3.05, 3.63) is 45.1 Å². The molecule has 0 aliphatic carbocycles. The van der Waals surface area contributed by atoms with Crippen molar-refractivity contribution in [1.82, 2.24) is 0 Å². The monoisotopic (exact) mass is 324 g/mol. The van der Waals surface area contributed by atoms with E-state index >= 15 is 0 Å². The van der Waals surface area contributed by atoms with Crippen LogP contribution in [0.3, 0.4) is 0 Å². The molecule has 0 atom stereocenters. The minimum Gasteiger partial charge on any atom is -0.399 e. The number of nitrogens with one attached hydrogen (secondary N) is 1. The Labute approximate surface area is 120 Å². The van der Waals surface area contributed by atoms with Crippen molar-refractivity contribution in [1.29, 1.82) is 0 Å². The van der Waals surface area contributed by atoms with Gasteiger partial charge in [0.1, 0.15) is 0 Å².